The van der Waals surface area contributed by atoms with Crippen molar-refractivity contribution < 1.29 is 9.18 Å². The molecule has 2 atom stereocenters. The number of carbonyl (C=O) groups excluding carboxylic acids is 1. The zero-order valence-corrected chi connectivity index (χ0v) is 18.2. The first kappa shape index (κ1) is 23.1. The number of fused-ring (bicyclic) bond motifs is 2. The van der Waals surface area contributed by atoms with Gasteiger partial charge in [-0.3, -0.25) is 4.79 Å². The van der Waals surface area contributed by atoms with Crippen molar-refractivity contribution in [2.45, 2.75) is 56.7 Å². The number of thiazole rings is 1. The Bertz CT molecular complexity index is 774. The molecular formula is C20H26Cl2FN3OS. The molecule has 3 heterocycles. The fraction of sp³-hybridized carbons (Fsp3) is 0.500. The molecule has 0 saturated carbocycles. The number of halogens is 3. The third-order valence-electron chi connectivity index (χ3n) is 5.59. The lowest BCUT2D eigenvalue weighted by Crippen LogP contribution is -2.49. The molecular weight excluding hydrogens is 420 g/mol. The highest BCUT2D eigenvalue weighted by Gasteiger charge is 2.36. The summed E-state index contributed by atoms with van der Waals surface area (Å²) in [6.07, 6.45) is 5.63. The van der Waals surface area contributed by atoms with E-state index in [1.165, 1.54) is 25.0 Å². The van der Waals surface area contributed by atoms with Crippen LogP contribution in [-0.4, -0.2) is 41.0 Å². The van der Waals surface area contributed by atoms with Crippen LogP contribution in [0.3, 0.4) is 0 Å². The predicted molar refractivity (Wildman–Crippen MR) is 115 cm³/mol. The maximum atomic E-state index is 13.0. The molecule has 0 aliphatic carbocycles. The molecule has 4 nitrogen and oxygen atoms in total. The summed E-state index contributed by atoms with van der Waals surface area (Å²) in [5.41, 5.74) is 1.86. The summed E-state index contributed by atoms with van der Waals surface area (Å²) in [4.78, 5) is 19.2. The Morgan fingerprint density at radius 3 is 2.50 bits per heavy atom. The van der Waals surface area contributed by atoms with E-state index in [0.717, 1.165) is 29.1 Å². The van der Waals surface area contributed by atoms with E-state index in [0.29, 0.717) is 31.0 Å². The molecule has 2 bridgehead atoms. The van der Waals surface area contributed by atoms with E-state index in [1.54, 1.807) is 23.5 Å². The monoisotopic (exact) mass is 445 g/mol. The third kappa shape index (κ3) is 5.44. The Morgan fingerprint density at radius 2 is 1.86 bits per heavy atom. The van der Waals surface area contributed by atoms with Gasteiger partial charge in [0.1, 0.15) is 5.82 Å². The molecule has 1 amide bonds. The summed E-state index contributed by atoms with van der Waals surface area (Å²) >= 11 is 1.56. The Morgan fingerprint density at radius 1 is 1.21 bits per heavy atom. The SMILES string of the molecule is CN(C(=O)Cc1csc(Cc2ccc(F)cc2)n1)C1CC2CCC(C1)N2.Cl.Cl. The van der Waals surface area contributed by atoms with Crippen molar-refractivity contribution in [2.75, 3.05) is 7.05 Å². The van der Waals surface area contributed by atoms with Crippen LogP contribution in [0.2, 0.25) is 0 Å². The standard InChI is InChI=1S/C20H24FN3OS.2ClH/c1-24(18-9-15-6-7-16(10-18)22-15)20(25)11-17-12-26-19(23-17)8-13-2-4-14(21)5-3-13;;/h2-5,12,15-16,18,22H,6-11H2,1H3;2*1H. The largest absolute Gasteiger partial charge is 0.342 e. The Balaban J connectivity index is 0.00000140. The van der Waals surface area contributed by atoms with Crippen molar-refractivity contribution in [3.05, 3.63) is 51.7 Å². The molecule has 1 aromatic heterocycles. The van der Waals surface area contributed by atoms with Gasteiger partial charge in [0.15, 0.2) is 0 Å². The second-order valence-electron chi connectivity index (χ2n) is 7.48. The average molecular weight is 446 g/mol. The molecule has 0 spiro atoms. The number of piperidine rings is 1. The van der Waals surface area contributed by atoms with Gasteiger partial charge in [0, 0.05) is 37.0 Å². The van der Waals surface area contributed by atoms with Crippen molar-refractivity contribution in [1.82, 2.24) is 15.2 Å². The van der Waals surface area contributed by atoms with Gasteiger partial charge in [0.25, 0.3) is 0 Å². The Kier molecular flexibility index (Phi) is 8.25. The normalized spacial score (nSPS) is 22.9. The van der Waals surface area contributed by atoms with Crippen LogP contribution in [0.15, 0.2) is 29.6 Å². The first-order valence-corrected chi connectivity index (χ1v) is 10.1. The van der Waals surface area contributed by atoms with Gasteiger partial charge in [-0.15, -0.1) is 36.2 Å². The van der Waals surface area contributed by atoms with Crippen LogP contribution in [0.5, 0.6) is 0 Å². The maximum Gasteiger partial charge on any atom is 0.228 e. The van der Waals surface area contributed by atoms with Crippen molar-refractivity contribution in [2.24, 2.45) is 0 Å². The predicted octanol–water partition coefficient (Wildman–Crippen LogP) is 4.00. The highest BCUT2D eigenvalue weighted by Crippen LogP contribution is 2.29. The van der Waals surface area contributed by atoms with E-state index in [1.807, 2.05) is 17.3 Å². The summed E-state index contributed by atoms with van der Waals surface area (Å²) in [7, 11) is 1.93. The van der Waals surface area contributed by atoms with Crippen LogP contribution in [0.1, 0.15) is 41.9 Å². The topological polar surface area (TPSA) is 45.2 Å². The molecule has 2 fully saturated rings. The van der Waals surface area contributed by atoms with E-state index in [9.17, 15) is 9.18 Å². The highest BCUT2D eigenvalue weighted by atomic mass is 35.5. The summed E-state index contributed by atoms with van der Waals surface area (Å²) in [6, 6.07) is 7.99. The van der Waals surface area contributed by atoms with Crippen LogP contribution in [-0.2, 0) is 17.6 Å². The Hall–Kier alpha value is -1.21. The summed E-state index contributed by atoms with van der Waals surface area (Å²) < 4.78 is 13.0. The molecule has 2 saturated heterocycles. The Labute approximate surface area is 181 Å². The smallest absolute Gasteiger partial charge is 0.228 e. The minimum absolute atomic E-state index is 0. The molecule has 4 rings (SSSR count). The molecule has 0 radical (unpaired) electrons. The number of likely N-dealkylation sites (N-methyl/N-ethyl adjacent to an activating group) is 1. The number of hydrogen-bond acceptors (Lipinski definition) is 4. The van der Waals surface area contributed by atoms with Gasteiger partial charge in [-0.25, -0.2) is 9.37 Å². The molecule has 8 heteroatoms. The number of nitrogens with one attached hydrogen (secondary N) is 1. The molecule has 2 aliphatic heterocycles. The fourth-order valence-corrected chi connectivity index (χ4v) is 4.94. The molecule has 2 aromatic rings. The summed E-state index contributed by atoms with van der Waals surface area (Å²) in [6.45, 7) is 0. The minimum Gasteiger partial charge on any atom is -0.342 e. The lowest BCUT2D eigenvalue weighted by molar-refractivity contribution is -0.132. The van der Waals surface area contributed by atoms with Crippen molar-refractivity contribution in [3.8, 4) is 0 Å². The molecule has 28 heavy (non-hydrogen) atoms. The van der Waals surface area contributed by atoms with E-state index < -0.39 is 0 Å². The zero-order valence-electron chi connectivity index (χ0n) is 15.8. The van der Waals surface area contributed by atoms with Crippen LogP contribution >= 0.6 is 36.2 Å². The molecule has 2 aliphatic rings. The van der Waals surface area contributed by atoms with Gasteiger partial charge in [-0.1, -0.05) is 12.1 Å². The number of hydrogen-bond donors (Lipinski definition) is 1. The lowest BCUT2D eigenvalue weighted by Gasteiger charge is -2.35. The van der Waals surface area contributed by atoms with Crippen molar-refractivity contribution >= 4 is 42.1 Å². The summed E-state index contributed by atoms with van der Waals surface area (Å²) in [5, 5.41) is 6.55. The number of nitrogens with zero attached hydrogens (tertiary/aromatic N) is 2. The number of carbonyl (C=O) groups is 1. The van der Waals surface area contributed by atoms with Crippen molar-refractivity contribution in [1.29, 1.82) is 0 Å². The number of benzene rings is 1. The number of aromatic nitrogens is 1. The van der Waals surface area contributed by atoms with Gasteiger partial charge in [-0.05, 0) is 43.4 Å². The first-order chi connectivity index (χ1) is 12.6. The van der Waals surface area contributed by atoms with E-state index in [4.69, 9.17) is 0 Å². The fourth-order valence-electron chi connectivity index (χ4n) is 4.11. The second kappa shape index (κ2) is 10.0. The van der Waals surface area contributed by atoms with Gasteiger partial charge >= 0.3 is 0 Å². The van der Waals surface area contributed by atoms with Gasteiger partial charge in [-0.2, -0.15) is 0 Å². The number of amides is 1. The molecule has 1 N–H and O–H groups in total. The van der Waals surface area contributed by atoms with Crippen molar-refractivity contribution in [3.63, 3.8) is 0 Å². The van der Waals surface area contributed by atoms with Crippen LogP contribution in [0.25, 0.3) is 0 Å². The molecule has 154 valence electrons. The maximum absolute atomic E-state index is 13.0. The van der Waals surface area contributed by atoms with Crippen LogP contribution < -0.4 is 5.32 Å². The minimum atomic E-state index is -0.228. The van der Waals surface area contributed by atoms with E-state index >= 15 is 0 Å². The van der Waals surface area contributed by atoms with Gasteiger partial charge in [0.05, 0.1) is 17.1 Å². The lowest BCUT2D eigenvalue weighted by atomic mass is 9.98. The van der Waals surface area contributed by atoms with Crippen LogP contribution in [0.4, 0.5) is 4.39 Å². The van der Waals surface area contributed by atoms with Crippen LogP contribution in [0, 0.1) is 5.82 Å². The zero-order chi connectivity index (χ0) is 18.1. The highest BCUT2D eigenvalue weighted by molar-refractivity contribution is 7.09. The third-order valence-corrected chi connectivity index (χ3v) is 6.49. The van der Waals surface area contributed by atoms with E-state index in [2.05, 4.69) is 10.3 Å². The number of rotatable bonds is 5. The van der Waals surface area contributed by atoms with Gasteiger partial charge in [0.2, 0.25) is 5.91 Å². The quantitative estimate of drug-likeness (QED) is 0.755. The molecule has 1 aromatic carbocycles. The average Bonchev–Trinajstić information content (AvgIpc) is 3.21. The van der Waals surface area contributed by atoms with E-state index in [-0.39, 0.29) is 36.5 Å². The summed E-state index contributed by atoms with van der Waals surface area (Å²) in [5.74, 6) is -0.0801. The second-order valence-corrected chi connectivity index (χ2v) is 8.42. The molecule has 2 unspecified atom stereocenters. The van der Waals surface area contributed by atoms with Gasteiger partial charge < -0.3 is 10.2 Å². The first-order valence-electron chi connectivity index (χ1n) is 9.26.